The summed E-state index contributed by atoms with van der Waals surface area (Å²) in [5, 5.41) is 0. The van der Waals surface area contributed by atoms with Gasteiger partial charge in [0.2, 0.25) is 0 Å². The zero-order chi connectivity index (χ0) is 10.8. The first-order valence-electron chi connectivity index (χ1n) is 4.93. The van der Waals surface area contributed by atoms with Crippen LogP contribution < -0.4 is 5.73 Å². The fourth-order valence-electron chi connectivity index (χ4n) is 1.28. The molecule has 0 saturated heterocycles. The number of nitrogens with two attached hydrogens (primary N) is 1. The van der Waals surface area contributed by atoms with E-state index in [1.54, 1.807) is 0 Å². The molecule has 0 saturated carbocycles. The molecular formula is C11H22N2S. The monoisotopic (exact) mass is 214 g/mol. The van der Waals surface area contributed by atoms with E-state index in [2.05, 4.69) is 24.3 Å². The van der Waals surface area contributed by atoms with Gasteiger partial charge in [-0.15, -0.1) is 13.2 Å². The van der Waals surface area contributed by atoms with Crippen LogP contribution in [-0.2, 0) is 0 Å². The van der Waals surface area contributed by atoms with Crippen molar-refractivity contribution < 1.29 is 0 Å². The highest BCUT2D eigenvalue weighted by Crippen LogP contribution is 2.01. The van der Waals surface area contributed by atoms with Crippen LogP contribution >= 0.6 is 11.8 Å². The van der Waals surface area contributed by atoms with Crippen molar-refractivity contribution in [1.82, 2.24) is 4.90 Å². The topological polar surface area (TPSA) is 29.3 Å². The van der Waals surface area contributed by atoms with Gasteiger partial charge in [0.05, 0.1) is 0 Å². The minimum Gasteiger partial charge on any atom is -0.327 e. The van der Waals surface area contributed by atoms with E-state index in [9.17, 15) is 0 Å². The van der Waals surface area contributed by atoms with Gasteiger partial charge >= 0.3 is 0 Å². The molecule has 2 nitrogen and oxygen atoms in total. The maximum absolute atomic E-state index is 6.00. The van der Waals surface area contributed by atoms with Gasteiger partial charge in [0.15, 0.2) is 0 Å². The van der Waals surface area contributed by atoms with Crippen molar-refractivity contribution in [3.63, 3.8) is 0 Å². The summed E-state index contributed by atoms with van der Waals surface area (Å²) >= 11 is 1.84. The second kappa shape index (κ2) is 9.31. The van der Waals surface area contributed by atoms with Crippen LogP contribution in [0.4, 0.5) is 0 Å². The number of hydrogen-bond acceptors (Lipinski definition) is 3. The highest BCUT2D eigenvalue weighted by Gasteiger charge is 2.07. The Hall–Kier alpha value is -0.250. The summed E-state index contributed by atoms with van der Waals surface area (Å²) in [7, 11) is 0. The molecule has 0 aromatic rings. The summed E-state index contributed by atoms with van der Waals surface area (Å²) in [5.74, 6) is 1.14. The summed E-state index contributed by atoms with van der Waals surface area (Å²) in [6, 6.07) is 0.266. The van der Waals surface area contributed by atoms with Gasteiger partial charge in [0.25, 0.3) is 0 Å². The molecule has 1 atom stereocenters. The molecule has 3 heteroatoms. The van der Waals surface area contributed by atoms with Crippen molar-refractivity contribution in [3.05, 3.63) is 25.3 Å². The molecule has 0 radical (unpaired) electrons. The minimum absolute atomic E-state index is 0.266. The van der Waals surface area contributed by atoms with E-state index < -0.39 is 0 Å². The van der Waals surface area contributed by atoms with Crippen LogP contribution in [0.5, 0.6) is 0 Å². The summed E-state index contributed by atoms with van der Waals surface area (Å²) in [5.41, 5.74) is 6.00. The molecule has 0 aromatic heterocycles. The Morgan fingerprint density at radius 1 is 1.36 bits per heavy atom. The molecule has 0 fully saturated rings. The van der Waals surface area contributed by atoms with E-state index in [1.807, 2.05) is 23.9 Å². The Balaban J connectivity index is 3.75. The van der Waals surface area contributed by atoms with Crippen LogP contribution in [0.15, 0.2) is 25.3 Å². The van der Waals surface area contributed by atoms with Crippen molar-refractivity contribution in [3.8, 4) is 0 Å². The molecule has 0 amide bonds. The lowest BCUT2D eigenvalue weighted by Gasteiger charge is -2.22. The first-order chi connectivity index (χ1) is 6.74. The van der Waals surface area contributed by atoms with Crippen LogP contribution in [0.3, 0.4) is 0 Å². The first-order valence-corrected chi connectivity index (χ1v) is 6.32. The standard InChI is InChI=1S/C11H22N2S/c1-4-7-13(8-5-2)10-11(12)6-9-14-3/h4-5,11H,1-2,6-10,12H2,3H3/t11-/m1/s1. The average Bonchev–Trinajstić information content (AvgIpc) is 2.15. The Morgan fingerprint density at radius 3 is 2.36 bits per heavy atom. The van der Waals surface area contributed by atoms with Gasteiger partial charge in [0, 0.05) is 25.7 Å². The van der Waals surface area contributed by atoms with E-state index in [4.69, 9.17) is 5.73 Å². The lowest BCUT2D eigenvalue weighted by molar-refractivity contribution is 0.308. The van der Waals surface area contributed by atoms with Crippen LogP contribution in [0.2, 0.25) is 0 Å². The van der Waals surface area contributed by atoms with Gasteiger partial charge < -0.3 is 5.73 Å². The molecule has 2 N–H and O–H groups in total. The Kier molecular flexibility index (Phi) is 9.14. The minimum atomic E-state index is 0.266. The summed E-state index contributed by atoms with van der Waals surface area (Å²) in [6.07, 6.45) is 7.00. The normalized spacial score (nSPS) is 12.8. The number of nitrogens with zero attached hydrogens (tertiary/aromatic N) is 1. The zero-order valence-electron chi connectivity index (χ0n) is 9.11. The molecule has 0 rings (SSSR count). The van der Waals surface area contributed by atoms with E-state index in [0.717, 1.165) is 31.8 Å². The van der Waals surface area contributed by atoms with Crippen LogP contribution in [0.1, 0.15) is 6.42 Å². The molecule has 0 aromatic carbocycles. The molecule has 0 aliphatic rings. The van der Waals surface area contributed by atoms with Crippen molar-refractivity contribution in [2.75, 3.05) is 31.6 Å². The third kappa shape index (κ3) is 7.18. The number of thioether (sulfide) groups is 1. The predicted molar refractivity (Wildman–Crippen MR) is 67.8 cm³/mol. The highest BCUT2D eigenvalue weighted by molar-refractivity contribution is 7.98. The highest BCUT2D eigenvalue weighted by atomic mass is 32.2. The third-order valence-electron chi connectivity index (χ3n) is 1.96. The van der Waals surface area contributed by atoms with Crippen molar-refractivity contribution in [1.29, 1.82) is 0 Å². The van der Waals surface area contributed by atoms with Crippen LogP contribution in [0, 0.1) is 0 Å². The first kappa shape index (κ1) is 13.8. The molecule has 0 spiro atoms. The zero-order valence-corrected chi connectivity index (χ0v) is 9.93. The largest absolute Gasteiger partial charge is 0.327 e. The molecule has 14 heavy (non-hydrogen) atoms. The van der Waals surface area contributed by atoms with Gasteiger partial charge in [-0.1, -0.05) is 12.2 Å². The molecular weight excluding hydrogens is 192 g/mol. The third-order valence-corrected chi connectivity index (χ3v) is 2.60. The Morgan fingerprint density at radius 2 is 1.93 bits per heavy atom. The lowest BCUT2D eigenvalue weighted by atomic mass is 10.2. The average molecular weight is 214 g/mol. The molecule has 82 valence electrons. The second-order valence-electron chi connectivity index (χ2n) is 3.34. The maximum Gasteiger partial charge on any atom is 0.0175 e. The second-order valence-corrected chi connectivity index (χ2v) is 4.32. The van der Waals surface area contributed by atoms with Crippen molar-refractivity contribution in [2.24, 2.45) is 5.73 Å². The smallest absolute Gasteiger partial charge is 0.0175 e. The molecule has 0 unspecified atom stereocenters. The van der Waals surface area contributed by atoms with Crippen LogP contribution in [0.25, 0.3) is 0 Å². The van der Waals surface area contributed by atoms with Gasteiger partial charge in [-0.2, -0.15) is 11.8 Å². The molecule has 0 heterocycles. The lowest BCUT2D eigenvalue weighted by Crippen LogP contribution is -2.38. The molecule has 0 bridgehead atoms. The summed E-state index contributed by atoms with van der Waals surface area (Å²) < 4.78 is 0. The maximum atomic E-state index is 6.00. The van der Waals surface area contributed by atoms with Gasteiger partial charge in [-0.3, -0.25) is 4.90 Å². The Bertz CT molecular complexity index is 149. The van der Waals surface area contributed by atoms with Crippen molar-refractivity contribution in [2.45, 2.75) is 12.5 Å². The van der Waals surface area contributed by atoms with E-state index in [-0.39, 0.29) is 6.04 Å². The number of rotatable bonds is 9. The summed E-state index contributed by atoms with van der Waals surface area (Å²) in [6.45, 7) is 10.2. The number of hydrogen-bond donors (Lipinski definition) is 1. The van der Waals surface area contributed by atoms with Gasteiger partial charge in [-0.05, 0) is 18.4 Å². The van der Waals surface area contributed by atoms with Crippen molar-refractivity contribution >= 4 is 11.8 Å². The fraction of sp³-hybridized carbons (Fsp3) is 0.636. The van der Waals surface area contributed by atoms with E-state index in [1.165, 1.54) is 0 Å². The van der Waals surface area contributed by atoms with Gasteiger partial charge in [0.1, 0.15) is 0 Å². The predicted octanol–water partition coefficient (Wildman–Crippen LogP) is 1.74. The van der Waals surface area contributed by atoms with Gasteiger partial charge in [-0.25, -0.2) is 0 Å². The van der Waals surface area contributed by atoms with E-state index in [0.29, 0.717) is 0 Å². The quantitative estimate of drug-likeness (QED) is 0.593. The molecule has 0 aliphatic heterocycles. The fourth-order valence-corrected chi connectivity index (χ4v) is 1.82. The van der Waals surface area contributed by atoms with Crippen LogP contribution in [-0.4, -0.2) is 42.6 Å². The Labute approximate surface area is 92.2 Å². The SMILES string of the molecule is C=CCN(CC=C)C[C@H](N)CCSC. The van der Waals surface area contributed by atoms with E-state index >= 15 is 0 Å². The summed E-state index contributed by atoms with van der Waals surface area (Å²) in [4.78, 5) is 2.25. The molecule has 0 aliphatic carbocycles.